The lowest BCUT2D eigenvalue weighted by Crippen LogP contribution is -1.91. The summed E-state index contributed by atoms with van der Waals surface area (Å²) in [5.41, 5.74) is 1.85. The van der Waals surface area contributed by atoms with Crippen LogP contribution in [0.25, 0.3) is 20.4 Å². The van der Waals surface area contributed by atoms with Crippen LogP contribution < -0.4 is 9.47 Å². The van der Waals surface area contributed by atoms with Crippen molar-refractivity contribution in [1.29, 1.82) is 0 Å². The molecular formula is C18H16N2O2S3. The van der Waals surface area contributed by atoms with Crippen LogP contribution in [0.1, 0.15) is 13.8 Å². The molecule has 0 fully saturated rings. The van der Waals surface area contributed by atoms with E-state index in [2.05, 4.69) is 12.1 Å². The third-order valence-electron chi connectivity index (χ3n) is 3.50. The normalized spacial score (nSPS) is 11.3. The molecule has 0 radical (unpaired) electrons. The lowest BCUT2D eigenvalue weighted by Gasteiger charge is -2.02. The molecular weight excluding hydrogens is 372 g/mol. The topological polar surface area (TPSA) is 44.2 Å². The lowest BCUT2D eigenvalue weighted by atomic mass is 10.3. The third kappa shape index (κ3) is 3.31. The summed E-state index contributed by atoms with van der Waals surface area (Å²) in [5.74, 6) is 1.68. The van der Waals surface area contributed by atoms with Gasteiger partial charge in [-0.1, -0.05) is 12.1 Å². The Labute approximate surface area is 157 Å². The maximum atomic E-state index is 5.68. The number of rotatable bonds is 6. The van der Waals surface area contributed by atoms with Crippen LogP contribution in [0.5, 0.6) is 11.5 Å². The molecule has 2 aromatic carbocycles. The first kappa shape index (κ1) is 16.6. The van der Waals surface area contributed by atoms with E-state index in [0.717, 1.165) is 40.6 Å². The van der Waals surface area contributed by atoms with Crippen molar-refractivity contribution in [3.05, 3.63) is 36.4 Å². The Morgan fingerprint density at radius 1 is 0.800 bits per heavy atom. The largest absolute Gasteiger partial charge is 0.492 e. The molecule has 0 aliphatic heterocycles. The zero-order chi connectivity index (χ0) is 17.2. The van der Waals surface area contributed by atoms with E-state index in [1.54, 1.807) is 34.4 Å². The number of benzene rings is 2. The van der Waals surface area contributed by atoms with E-state index < -0.39 is 0 Å². The van der Waals surface area contributed by atoms with E-state index in [1.165, 1.54) is 0 Å². The maximum absolute atomic E-state index is 5.68. The summed E-state index contributed by atoms with van der Waals surface area (Å²) < 4.78 is 15.6. The molecule has 2 heterocycles. The summed E-state index contributed by atoms with van der Waals surface area (Å²) in [6.45, 7) is 5.24. The number of hydrogen-bond donors (Lipinski definition) is 0. The molecule has 0 amide bonds. The highest BCUT2D eigenvalue weighted by atomic mass is 32.2. The van der Waals surface area contributed by atoms with Crippen molar-refractivity contribution in [2.24, 2.45) is 0 Å². The Morgan fingerprint density at radius 3 is 1.72 bits per heavy atom. The van der Waals surface area contributed by atoms with Gasteiger partial charge in [0.2, 0.25) is 0 Å². The third-order valence-corrected chi connectivity index (χ3v) is 6.66. The predicted octanol–water partition coefficient (Wildman–Crippen LogP) is 5.85. The molecule has 0 saturated heterocycles. The van der Waals surface area contributed by atoms with Crippen LogP contribution in [0.3, 0.4) is 0 Å². The van der Waals surface area contributed by atoms with Crippen molar-refractivity contribution in [3.8, 4) is 11.5 Å². The zero-order valence-corrected chi connectivity index (χ0v) is 16.3. The minimum atomic E-state index is 0.636. The molecule has 0 unspecified atom stereocenters. The highest BCUT2D eigenvalue weighted by molar-refractivity contribution is 8.02. The molecule has 0 aliphatic rings. The molecule has 0 aliphatic carbocycles. The van der Waals surface area contributed by atoms with Crippen molar-refractivity contribution >= 4 is 54.9 Å². The fraction of sp³-hybridized carbons (Fsp3) is 0.222. The summed E-state index contributed by atoms with van der Waals surface area (Å²) in [5, 5.41) is 0. The van der Waals surface area contributed by atoms with E-state index in [4.69, 9.17) is 19.4 Å². The number of thiazole rings is 2. The van der Waals surface area contributed by atoms with Crippen LogP contribution in [-0.2, 0) is 0 Å². The van der Waals surface area contributed by atoms with Crippen molar-refractivity contribution in [3.63, 3.8) is 0 Å². The second-order valence-corrected chi connectivity index (χ2v) is 8.69. The Morgan fingerprint density at radius 2 is 1.28 bits per heavy atom. The SMILES string of the molecule is CCOc1cccc2sc(Sc3nc4c(OCC)cccc4s3)nc12. The van der Waals surface area contributed by atoms with Crippen LogP contribution in [0.15, 0.2) is 45.1 Å². The number of ether oxygens (including phenoxy) is 2. The van der Waals surface area contributed by atoms with Crippen molar-refractivity contribution in [2.45, 2.75) is 22.5 Å². The minimum absolute atomic E-state index is 0.636. The average molecular weight is 389 g/mol. The first-order chi connectivity index (χ1) is 12.3. The second kappa shape index (κ2) is 7.19. The number of hydrogen-bond acceptors (Lipinski definition) is 7. The average Bonchev–Trinajstić information content (AvgIpc) is 3.20. The fourth-order valence-electron chi connectivity index (χ4n) is 2.51. The van der Waals surface area contributed by atoms with Gasteiger partial charge < -0.3 is 9.47 Å². The summed E-state index contributed by atoms with van der Waals surface area (Å²) in [4.78, 5) is 9.49. The Kier molecular flexibility index (Phi) is 4.78. The molecule has 0 atom stereocenters. The van der Waals surface area contributed by atoms with E-state index in [9.17, 15) is 0 Å². The Hall–Kier alpha value is -1.83. The molecule has 0 N–H and O–H groups in total. The zero-order valence-electron chi connectivity index (χ0n) is 13.8. The van der Waals surface area contributed by atoms with Crippen LogP contribution in [0.2, 0.25) is 0 Å². The lowest BCUT2D eigenvalue weighted by molar-refractivity contribution is 0.343. The summed E-state index contributed by atoms with van der Waals surface area (Å²) in [6.07, 6.45) is 0. The molecule has 25 heavy (non-hydrogen) atoms. The van der Waals surface area contributed by atoms with E-state index in [1.807, 2.05) is 38.1 Å². The molecule has 128 valence electrons. The molecule has 7 heteroatoms. The van der Waals surface area contributed by atoms with Gasteiger partial charge in [0.15, 0.2) is 8.68 Å². The number of para-hydroxylation sites is 2. The fourth-order valence-corrected chi connectivity index (χ4v) is 5.87. The Bertz CT molecular complexity index is 944. The van der Waals surface area contributed by atoms with Gasteiger partial charge in [-0.2, -0.15) is 0 Å². The highest BCUT2D eigenvalue weighted by Crippen LogP contribution is 2.41. The first-order valence-electron chi connectivity index (χ1n) is 8.01. The molecule has 4 nitrogen and oxygen atoms in total. The van der Waals surface area contributed by atoms with Crippen LogP contribution >= 0.6 is 34.4 Å². The highest BCUT2D eigenvalue weighted by Gasteiger charge is 2.14. The van der Waals surface area contributed by atoms with Gasteiger partial charge in [-0.25, -0.2) is 9.97 Å². The van der Waals surface area contributed by atoms with E-state index >= 15 is 0 Å². The van der Waals surface area contributed by atoms with E-state index in [-0.39, 0.29) is 0 Å². The van der Waals surface area contributed by atoms with Gasteiger partial charge >= 0.3 is 0 Å². The molecule has 2 aromatic heterocycles. The second-order valence-electron chi connectivity index (χ2n) is 5.13. The van der Waals surface area contributed by atoms with Gasteiger partial charge in [0, 0.05) is 0 Å². The number of aromatic nitrogens is 2. The van der Waals surface area contributed by atoms with Crippen molar-refractivity contribution < 1.29 is 9.47 Å². The smallest absolute Gasteiger partial charge is 0.158 e. The van der Waals surface area contributed by atoms with Gasteiger partial charge in [-0.05, 0) is 49.9 Å². The van der Waals surface area contributed by atoms with Gasteiger partial charge in [-0.3, -0.25) is 0 Å². The summed E-state index contributed by atoms with van der Waals surface area (Å²) >= 11 is 4.92. The number of nitrogens with zero attached hydrogens (tertiary/aromatic N) is 2. The summed E-state index contributed by atoms with van der Waals surface area (Å²) in [7, 11) is 0. The molecule has 0 bridgehead atoms. The number of fused-ring (bicyclic) bond motifs is 2. The molecule has 4 aromatic rings. The van der Waals surface area contributed by atoms with Gasteiger partial charge in [-0.15, -0.1) is 22.7 Å². The first-order valence-corrected chi connectivity index (χ1v) is 10.5. The van der Waals surface area contributed by atoms with Crippen molar-refractivity contribution in [1.82, 2.24) is 9.97 Å². The van der Waals surface area contributed by atoms with Crippen LogP contribution in [0.4, 0.5) is 0 Å². The van der Waals surface area contributed by atoms with Gasteiger partial charge in [0.25, 0.3) is 0 Å². The molecule has 0 spiro atoms. The standard InChI is InChI=1S/C18H16N2O2S3/c1-3-21-11-7-5-9-13-15(11)19-17(23-13)25-18-20-16-12(22-4-2)8-6-10-14(16)24-18/h5-10H,3-4H2,1-2H3. The predicted molar refractivity (Wildman–Crippen MR) is 106 cm³/mol. The molecule has 4 rings (SSSR count). The van der Waals surface area contributed by atoms with Crippen LogP contribution in [-0.4, -0.2) is 23.2 Å². The van der Waals surface area contributed by atoms with Gasteiger partial charge in [0.05, 0.1) is 22.6 Å². The summed E-state index contributed by atoms with van der Waals surface area (Å²) in [6, 6.07) is 12.1. The van der Waals surface area contributed by atoms with Gasteiger partial charge in [0.1, 0.15) is 22.5 Å². The van der Waals surface area contributed by atoms with Crippen molar-refractivity contribution in [2.75, 3.05) is 13.2 Å². The monoisotopic (exact) mass is 388 g/mol. The Balaban J connectivity index is 1.68. The maximum Gasteiger partial charge on any atom is 0.158 e. The quantitative estimate of drug-likeness (QED) is 0.414. The van der Waals surface area contributed by atoms with E-state index in [0.29, 0.717) is 13.2 Å². The molecule has 0 saturated carbocycles. The minimum Gasteiger partial charge on any atom is -0.492 e. The van der Waals surface area contributed by atoms with Crippen LogP contribution in [0, 0.1) is 0 Å².